The first-order valence-corrected chi connectivity index (χ1v) is 6.41. The third-order valence-corrected chi connectivity index (χ3v) is 3.78. The normalized spacial score (nSPS) is 19.8. The molecule has 1 aromatic carbocycles. The number of benzene rings is 1. The quantitative estimate of drug-likeness (QED) is 0.840. The van der Waals surface area contributed by atoms with E-state index in [1.807, 2.05) is 0 Å². The Morgan fingerprint density at radius 2 is 1.56 bits per heavy atom. The number of alkyl halides is 3. The van der Waals surface area contributed by atoms with E-state index in [0.717, 1.165) is 30.5 Å². The van der Waals surface area contributed by atoms with Gasteiger partial charge in [-0.25, -0.2) is 0 Å². The van der Waals surface area contributed by atoms with E-state index in [-0.39, 0.29) is 6.04 Å². The second-order valence-electron chi connectivity index (χ2n) is 5.04. The molecule has 1 fully saturated rings. The summed E-state index contributed by atoms with van der Waals surface area (Å²) < 4.78 is 37.3. The van der Waals surface area contributed by atoms with Gasteiger partial charge in [0.1, 0.15) is 0 Å². The Morgan fingerprint density at radius 3 is 2.06 bits per heavy atom. The van der Waals surface area contributed by atoms with Crippen LogP contribution in [0.15, 0.2) is 24.3 Å². The van der Waals surface area contributed by atoms with Crippen LogP contribution in [0, 0.1) is 5.92 Å². The second-order valence-corrected chi connectivity index (χ2v) is 5.04. The lowest BCUT2D eigenvalue weighted by atomic mass is 9.81. The average molecular weight is 257 g/mol. The van der Waals surface area contributed by atoms with Gasteiger partial charge in [0.2, 0.25) is 0 Å². The van der Waals surface area contributed by atoms with Crippen LogP contribution in [0.5, 0.6) is 0 Å². The van der Waals surface area contributed by atoms with Crippen molar-refractivity contribution in [3.63, 3.8) is 0 Å². The molecule has 0 bridgehead atoms. The van der Waals surface area contributed by atoms with Crippen LogP contribution in [-0.4, -0.2) is 0 Å². The first-order valence-electron chi connectivity index (χ1n) is 6.41. The second kappa shape index (κ2) is 5.31. The van der Waals surface area contributed by atoms with Gasteiger partial charge in [-0.05, 0) is 36.5 Å². The van der Waals surface area contributed by atoms with Crippen LogP contribution >= 0.6 is 0 Å². The molecule has 0 aliphatic heterocycles. The van der Waals surface area contributed by atoms with Gasteiger partial charge in [0.05, 0.1) is 5.56 Å². The van der Waals surface area contributed by atoms with Crippen molar-refractivity contribution < 1.29 is 13.2 Å². The predicted octanol–water partition coefficient (Wildman–Crippen LogP) is 4.29. The molecule has 1 aromatic rings. The van der Waals surface area contributed by atoms with Gasteiger partial charge in [-0.2, -0.15) is 13.2 Å². The summed E-state index contributed by atoms with van der Waals surface area (Å²) in [5.74, 6) is 0.412. The lowest BCUT2D eigenvalue weighted by Gasteiger charge is -2.27. The van der Waals surface area contributed by atoms with Crippen molar-refractivity contribution >= 4 is 0 Å². The van der Waals surface area contributed by atoms with E-state index in [9.17, 15) is 13.2 Å². The maximum atomic E-state index is 12.4. The molecule has 0 spiro atoms. The van der Waals surface area contributed by atoms with Gasteiger partial charge in [-0.1, -0.05) is 31.4 Å². The molecular weight excluding hydrogens is 239 g/mol. The molecule has 18 heavy (non-hydrogen) atoms. The van der Waals surface area contributed by atoms with E-state index in [4.69, 9.17) is 5.73 Å². The van der Waals surface area contributed by atoms with Gasteiger partial charge >= 0.3 is 6.18 Å². The Kier molecular flexibility index (Phi) is 3.95. The highest BCUT2D eigenvalue weighted by molar-refractivity contribution is 5.27. The Balaban J connectivity index is 2.09. The third kappa shape index (κ3) is 3.05. The summed E-state index contributed by atoms with van der Waals surface area (Å²) in [7, 11) is 0. The number of hydrogen-bond acceptors (Lipinski definition) is 1. The Hall–Kier alpha value is -1.03. The highest BCUT2D eigenvalue weighted by Crippen LogP contribution is 2.34. The summed E-state index contributed by atoms with van der Waals surface area (Å²) in [6, 6.07) is 5.15. The number of hydrogen-bond donors (Lipinski definition) is 1. The number of nitrogens with two attached hydrogens (primary N) is 1. The minimum absolute atomic E-state index is 0.132. The minimum Gasteiger partial charge on any atom is -0.324 e. The molecule has 1 aliphatic carbocycles. The van der Waals surface area contributed by atoms with Crippen molar-refractivity contribution in [2.75, 3.05) is 0 Å². The van der Waals surface area contributed by atoms with Gasteiger partial charge in [-0.15, -0.1) is 0 Å². The van der Waals surface area contributed by atoms with Gasteiger partial charge in [-0.3, -0.25) is 0 Å². The van der Waals surface area contributed by atoms with Crippen LogP contribution in [0.1, 0.15) is 49.3 Å². The molecule has 0 aromatic heterocycles. The number of rotatable bonds is 2. The highest BCUT2D eigenvalue weighted by atomic mass is 19.4. The molecule has 100 valence electrons. The van der Waals surface area contributed by atoms with Gasteiger partial charge in [0.15, 0.2) is 0 Å². The zero-order valence-electron chi connectivity index (χ0n) is 10.2. The van der Waals surface area contributed by atoms with E-state index in [2.05, 4.69) is 0 Å². The minimum atomic E-state index is -4.27. The highest BCUT2D eigenvalue weighted by Gasteiger charge is 2.30. The topological polar surface area (TPSA) is 26.0 Å². The first kappa shape index (κ1) is 13.4. The van der Waals surface area contributed by atoms with Crippen molar-refractivity contribution in [2.24, 2.45) is 11.7 Å². The molecule has 4 heteroatoms. The molecule has 1 aliphatic rings. The SMILES string of the molecule is NC(c1ccc(C(F)(F)F)cc1)C1CCCCC1. The van der Waals surface area contributed by atoms with E-state index in [1.54, 1.807) is 0 Å². The lowest BCUT2D eigenvalue weighted by molar-refractivity contribution is -0.137. The smallest absolute Gasteiger partial charge is 0.324 e. The molecular formula is C14H18F3N. The van der Waals surface area contributed by atoms with E-state index in [0.29, 0.717) is 5.92 Å². The molecule has 0 heterocycles. The van der Waals surface area contributed by atoms with Crippen LogP contribution < -0.4 is 5.73 Å². The summed E-state index contributed by atoms with van der Waals surface area (Å²) in [4.78, 5) is 0. The Morgan fingerprint density at radius 1 is 1.00 bits per heavy atom. The van der Waals surface area contributed by atoms with Crippen molar-refractivity contribution in [3.8, 4) is 0 Å². The van der Waals surface area contributed by atoms with Gasteiger partial charge in [0.25, 0.3) is 0 Å². The molecule has 0 amide bonds. The molecule has 1 nitrogen and oxygen atoms in total. The first-order chi connectivity index (χ1) is 8.48. The predicted molar refractivity (Wildman–Crippen MR) is 64.9 cm³/mol. The monoisotopic (exact) mass is 257 g/mol. The number of halogens is 3. The molecule has 2 N–H and O–H groups in total. The van der Waals surface area contributed by atoms with Crippen molar-refractivity contribution in [3.05, 3.63) is 35.4 Å². The average Bonchev–Trinajstić information content (AvgIpc) is 2.38. The molecule has 1 unspecified atom stereocenters. The van der Waals surface area contributed by atoms with Gasteiger partial charge < -0.3 is 5.73 Å². The summed E-state index contributed by atoms with van der Waals surface area (Å²) in [6.07, 6.45) is 1.51. The lowest BCUT2D eigenvalue weighted by Crippen LogP contribution is -2.23. The molecule has 1 saturated carbocycles. The summed E-state index contributed by atoms with van der Waals surface area (Å²) in [6.45, 7) is 0. The molecule has 2 rings (SSSR count). The van der Waals surface area contributed by atoms with E-state index in [1.165, 1.54) is 31.4 Å². The standard InChI is InChI=1S/C14H18F3N/c15-14(16,17)12-8-6-11(7-9-12)13(18)10-4-2-1-3-5-10/h6-10,13H,1-5,18H2. The van der Waals surface area contributed by atoms with Crippen molar-refractivity contribution in [2.45, 2.75) is 44.3 Å². The van der Waals surface area contributed by atoms with Crippen LogP contribution in [0.25, 0.3) is 0 Å². The van der Waals surface area contributed by atoms with Gasteiger partial charge in [0, 0.05) is 6.04 Å². The van der Waals surface area contributed by atoms with E-state index < -0.39 is 11.7 Å². The fraction of sp³-hybridized carbons (Fsp3) is 0.571. The summed E-state index contributed by atoms with van der Waals surface area (Å²) in [5.41, 5.74) is 6.35. The Bertz CT molecular complexity index is 377. The molecule has 1 atom stereocenters. The molecule has 0 saturated heterocycles. The summed E-state index contributed by atoms with van der Waals surface area (Å²) >= 11 is 0. The zero-order chi connectivity index (χ0) is 13.2. The Labute approximate surface area is 105 Å². The fourth-order valence-corrected chi connectivity index (χ4v) is 2.66. The fourth-order valence-electron chi connectivity index (χ4n) is 2.66. The summed E-state index contributed by atoms with van der Waals surface area (Å²) in [5, 5.41) is 0. The largest absolute Gasteiger partial charge is 0.416 e. The maximum absolute atomic E-state index is 12.4. The van der Waals surface area contributed by atoms with Crippen LogP contribution in [0.2, 0.25) is 0 Å². The third-order valence-electron chi connectivity index (χ3n) is 3.78. The zero-order valence-corrected chi connectivity index (χ0v) is 10.2. The van der Waals surface area contributed by atoms with Crippen molar-refractivity contribution in [1.29, 1.82) is 0 Å². The molecule has 0 radical (unpaired) electrons. The van der Waals surface area contributed by atoms with Crippen molar-refractivity contribution in [1.82, 2.24) is 0 Å². The van der Waals surface area contributed by atoms with E-state index >= 15 is 0 Å². The van der Waals surface area contributed by atoms with Crippen LogP contribution in [0.4, 0.5) is 13.2 Å². The van der Waals surface area contributed by atoms with Crippen LogP contribution in [-0.2, 0) is 6.18 Å². The maximum Gasteiger partial charge on any atom is 0.416 e. The van der Waals surface area contributed by atoms with Crippen LogP contribution in [0.3, 0.4) is 0 Å².